The molecule has 0 N–H and O–H groups in total. The summed E-state index contributed by atoms with van der Waals surface area (Å²) in [5.41, 5.74) is 0. The number of ether oxygens (including phenoxy) is 2. The first-order valence-electron chi connectivity index (χ1n) is 5.15. The van der Waals surface area contributed by atoms with Gasteiger partial charge in [-0.05, 0) is 26.0 Å². The molecule has 0 spiro atoms. The van der Waals surface area contributed by atoms with E-state index in [-0.39, 0.29) is 0 Å². The summed E-state index contributed by atoms with van der Waals surface area (Å²) in [7, 11) is 0. The summed E-state index contributed by atoms with van der Waals surface area (Å²) in [5, 5.41) is 0. The average molecular weight is 226 g/mol. The van der Waals surface area contributed by atoms with Crippen LogP contribution in [0.5, 0.6) is 0 Å². The Balaban J connectivity index is 2.58. The van der Waals surface area contributed by atoms with Gasteiger partial charge in [-0.25, -0.2) is 14.4 Å². The lowest BCUT2D eigenvalue weighted by molar-refractivity contribution is -0.103. The maximum atomic E-state index is 12.5. The number of halogens is 1. The molecule has 1 heterocycles. The number of hydrogen-bond donors (Lipinski definition) is 0. The molecule has 16 heavy (non-hydrogen) atoms. The molecule has 4 nitrogen and oxygen atoms in total. The molecule has 0 aliphatic heterocycles. The third-order valence-electron chi connectivity index (χ3n) is 1.70. The summed E-state index contributed by atoms with van der Waals surface area (Å²) < 4.78 is 23.1. The van der Waals surface area contributed by atoms with Crippen LogP contribution in [0.3, 0.4) is 0 Å². The van der Waals surface area contributed by atoms with Crippen molar-refractivity contribution >= 4 is 6.08 Å². The minimum absolute atomic E-state index is 0.413. The number of aromatic nitrogens is 2. The molecule has 0 unspecified atom stereocenters. The van der Waals surface area contributed by atoms with Crippen LogP contribution in [0.1, 0.15) is 19.7 Å². The largest absolute Gasteiger partial charge is 0.349 e. The third kappa shape index (κ3) is 4.46. The fourth-order valence-electron chi connectivity index (χ4n) is 1.06. The van der Waals surface area contributed by atoms with Gasteiger partial charge in [0.25, 0.3) is 0 Å². The molecule has 0 fully saturated rings. The Hall–Kier alpha value is -1.33. The van der Waals surface area contributed by atoms with Crippen LogP contribution in [0.2, 0.25) is 0 Å². The van der Waals surface area contributed by atoms with Gasteiger partial charge in [0.2, 0.25) is 0 Å². The second kappa shape index (κ2) is 7.03. The minimum atomic E-state index is -0.455. The zero-order chi connectivity index (χ0) is 11.8. The summed E-state index contributed by atoms with van der Waals surface area (Å²) in [4.78, 5) is 7.57. The molecule has 1 aromatic heterocycles. The Morgan fingerprint density at radius 3 is 2.31 bits per heavy atom. The zero-order valence-corrected chi connectivity index (χ0v) is 9.39. The van der Waals surface area contributed by atoms with Crippen molar-refractivity contribution in [2.75, 3.05) is 13.2 Å². The van der Waals surface area contributed by atoms with Gasteiger partial charge in [-0.1, -0.05) is 0 Å². The highest BCUT2D eigenvalue weighted by atomic mass is 19.1. The molecule has 0 amide bonds. The van der Waals surface area contributed by atoms with Crippen LogP contribution >= 0.6 is 0 Å². The van der Waals surface area contributed by atoms with E-state index in [0.29, 0.717) is 19.0 Å². The molecule has 5 heteroatoms. The lowest BCUT2D eigenvalue weighted by Gasteiger charge is -2.11. The predicted octanol–water partition coefficient (Wildman–Crippen LogP) is 2.03. The molecular formula is C11H15FN2O2. The second-order valence-corrected chi connectivity index (χ2v) is 2.90. The molecule has 0 saturated heterocycles. The van der Waals surface area contributed by atoms with E-state index in [4.69, 9.17) is 9.47 Å². The monoisotopic (exact) mass is 226 g/mol. The van der Waals surface area contributed by atoms with Crippen LogP contribution in [-0.4, -0.2) is 29.5 Å². The van der Waals surface area contributed by atoms with Gasteiger partial charge in [-0.2, -0.15) is 0 Å². The Kier molecular flexibility index (Phi) is 5.60. The number of rotatable bonds is 6. The summed E-state index contributed by atoms with van der Waals surface area (Å²) in [6, 6.07) is 0. The second-order valence-electron chi connectivity index (χ2n) is 2.90. The van der Waals surface area contributed by atoms with E-state index in [9.17, 15) is 4.39 Å². The van der Waals surface area contributed by atoms with Crippen molar-refractivity contribution < 1.29 is 13.9 Å². The van der Waals surface area contributed by atoms with Crippen molar-refractivity contribution in [2.24, 2.45) is 0 Å². The van der Waals surface area contributed by atoms with Gasteiger partial charge in [-0.15, -0.1) is 0 Å². The van der Waals surface area contributed by atoms with E-state index in [1.165, 1.54) is 0 Å². The first kappa shape index (κ1) is 12.7. The van der Waals surface area contributed by atoms with Gasteiger partial charge in [0.05, 0.1) is 12.4 Å². The van der Waals surface area contributed by atoms with Gasteiger partial charge < -0.3 is 9.47 Å². The topological polar surface area (TPSA) is 44.2 Å². The van der Waals surface area contributed by atoms with Crippen LogP contribution in [0, 0.1) is 5.82 Å². The third-order valence-corrected chi connectivity index (χ3v) is 1.70. The van der Waals surface area contributed by atoms with Gasteiger partial charge in [-0.3, -0.25) is 0 Å². The minimum Gasteiger partial charge on any atom is -0.349 e. The van der Waals surface area contributed by atoms with Crippen LogP contribution in [0.4, 0.5) is 4.39 Å². The molecule has 0 radical (unpaired) electrons. The summed E-state index contributed by atoms with van der Waals surface area (Å²) in [5.74, 6) is -0.0332. The Morgan fingerprint density at radius 2 is 1.81 bits per heavy atom. The number of nitrogens with zero attached hydrogens (tertiary/aromatic N) is 2. The molecule has 0 aliphatic rings. The zero-order valence-electron chi connectivity index (χ0n) is 9.39. The smallest absolute Gasteiger partial charge is 0.177 e. The Morgan fingerprint density at radius 1 is 1.25 bits per heavy atom. The summed E-state index contributed by atoms with van der Waals surface area (Å²) in [6.45, 7) is 4.88. The van der Waals surface area contributed by atoms with Gasteiger partial charge in [0.1, 0.15) is 0 Å². The SMILES string of the molecule is CCOC(/C=C/c1ncc(F)cn1)OCC. The van der Waals surface area contributed by atoms with Crippen molar-refractivity contribution in [3.05, 3.63) is 30.1 Å². The Labute approximate surface area is 94.1 Å². The van der Waals surface area contributed by atoms with Crippen LogP contribution in [0.15, 0.2) is 18.5 Å². The van der Waals surface area contributed by atoms with Crippen molar-refractivity contribution in [1.82, 2.24) is 9.97 Å². The lowest BCUT2D eigenvalue weighted by Crippen LogP contribution is -2.14. The first-order valence-corrected chi connectivity index (χ1v) is 5.15. The standard InChI is InChI=1S/C11H15FN2O2/c1-3-15-11(16-4-2)6-5-10-13-7-9(12)8-14-10/h5-8,11H,3-4H2,1-2H3/b6-5+. The highest BCUT2D eigenvalue weighted by Gasteiger charge is 2.02. The van der Waals surface area contributed by atoms with Crippen LogP contribution in [0.25, 0.3) is 6.08 Å². The van der Waals surface area contributed by atoms with Gasteiger partial charge in [0.15, 0.2) is 17.9 Å². The average Bonchev–Trinajstić information content (AvgIpc) is 2.29. The van der Waals surface area contributed by atoms with E-state index in [1.54, 1.807) is 12.2 Å². The highest BCUT2D eigenvalue weighted by molar-refractivity contribution is 5.39. The van der Waals surface area contributed by atoms with E-state index in [1.807, 2.05) is 13.8 Å². The van der Waals surface area contributed by atoms with Gasteiger partial charge >= 0.3 is 0 Å². The van der Waals surface area contributed by atoms with Crippen molar-refractivity contribution in [2.45, 2.75) is 20.1 Å². The quantitative estimate of drug-likeness (QED) is 0.696. The predicted molar refractivity (Wildman–Crippen MR) is 58.1 cm³/mol. The molecule has 88 valence electrons. The van der Waals surface area contributed by atoms with E-state index in [2.05, 4.69) is 9.97 Å². The van der Waals surface area contributed by atoms with Crippen LogP contribution < -0.4 is 0 Å². The molecule has 0 atom stereocenters. The molecular weight excluding hydrogens is 211 g/mol. The molecule has 0 bridgehead atoms. The van der Waals surface area contributed by atoms with E-state index >= 15 is 0 Å². The van der Waals surface area contributed by atoms with Crippen LogP contribution in [-0.2, 0) is 9.47 Å². The maximum absolute atomic E-state index is 12.5. The van der Waals surface area contributed by atoms with E-state index in [0.717, 1.165) is 12.4 Å². The first-order chi connectivity index (χ1) is 7.76. The van der Waals surface area contributed by atoms with Crippen molar-refractivity contribution in [1.29, 1.82) is 0 Å². The molecule has 1 aromatic rings. The maximum Gasteiger partial charge on any atom is 0.177 e. The molecule has 1 rings (SSSR count). The van der Waals surface area contributed by atoms with Gasteiger partial charge in [0, 0.05) is 13.2 Å². The fourth-order valence-corrected chi connectivity index (χ4v) is 1.06. The molecule has 0 aliphatic carbocycles. The normalized spacial score (nSPS) is 11.5. The number of hydrogen-bond acceptors (Lipinski definition) is 4. The molecule has 0 saturated carbocycles. The van der Waals surface area contributed by atoms with Crippen molar-refractivity contribution in [3.8, 4) is 0 Å². The highest BCUT2D eigenvalue weighted by Crippen LogP contribution is 2.01. The molecule has 0 aromatic carbocycles. The fraction of sp³-hybridized carbons (Fsp3) is 0.455. The summed E-state index contributed by atoms with van der Waals surface area (Å²) >= 11 is 0. The van der Waals surface area contributed by atoms with Crippen molar-refractivity contribution in [3.63, 3.8) is 0 Å². The Bertz CT molecular complexity index is 321. The summed E-state index contributed by atoms with van der Waals surface area (Å²) in [6.07, 6.45) is 5.14. The van der Waals surface area contributed by atoms with E-state index < -0.39 is 12.1 Å². The lowest BCUT2D eigenvalue weighted by atomic mass is 10.4.